The molecule has 0 spiro atoms. The number of benzene rings is 1. The van der Waals surface area contributed by atoms with E-state index >= 15 is 0 Å². The maximum absolute atomic E-state index is 11.9. The lowest BCUT2D eigenvalue weighted by molar-refractivity contribution is -0.144. The molecule has 0 heterocycles. The molecular formula is C15H20ClNO3. The summed E-state index contributed by atoms with van der Waals surface area (Å²) in [7, 11) is 0. The number of carboxylic acids is 1. The van der Waals surface area contributed by atoms with Crippen LogP contribution in [0.15, 0.2) is 24.3 Å². The van der Waals surface area contributed by atoms with E-state index < -0.39 is 17.4 Å². The van der Waals surface area contributed by atoms with Crippen molar-refractivity contribution in [1.82, 2.24) is 5.32 Å². The van der Waals surface area contributed by atoms with Crippen LogP contribution in [0.3, 0.4) is 0 Å². The molecular weight excluding hydrogens is 278 g/mol. The minimum Gasteiger partial charge on any atom is -0.480 e. The van der Waals surface area contributed by atoms with Gasteiger partial charge in [0.2, 0.25) is 5.91 Å². The molecule has 1 aromatic rings. The smallest absolute Gasteiger partial charge is 0.326 e. The van der Waals surface area contributed by atoms with Gasteiger partial charge in [0.05, 0.1) is 0 Å². The molecule has 0 aliphatic rings. The molecule has 0 fully saturated rings. The first-order valence-corrected chi connectivity index (χ1v) is 6.85. The Hall–Kier alpha value is -1.55. The Morgan fingerprint density at radius 2 is 1.90 bits per heavy atom. The summed E-state index contributed by atoms with van der Waals surface area (Å²) in [5.41, 5.74) is 0.346. The number of amides is 1. The molecule has 2 N–H and O–H groups in total. The molecule has 1 rings (SSSR count). The summed E-state index contributed by atoms with van der Waals surface area (Å²) in [6.45, 7) is 5.33. The van der Waals surface area contributed by atoms with Gasteiger partial charge in [-0.2, -0.15) is 0 Å². The number of carboxylic acid groups (broad SMARTS) is 1. The fourth-order valence-electron chi connectivity index (χ4n) is 1.83. The van der Waals surface area contributed by atoms with Crippen molar-refractivity contribution in [3.05, 3.63) is 34.9 Å². The van der Waals surface area contributed by atoms with E-state index in [1.54, 1.807) is 26.8 Å². The van der Waals surface area contributed by atoms with Crippen molar-refractivity contribution in [2.24, 2.45) is 5.41 Å². The highest BCUT2D eigenvalue weighted by Crippen LogP contribution is 2.20. The average molecular weight is 298 g/mol. The standard InChI is InChI=1S/C15H20ClNO3/c1-15(2,3)13(14(19)20)17-12(18)9-8-10-6-4-5-7-11(10)16/h4-7,13H,8-9H2,1-3H3,(H,17,18)(H,19,20)/t13-/m1/s1. The second kappa shape index (κ2) is 6.75. The predicted molar refractivity (Wildman–Crippen MR) is 78.8 cm³/mol. The lowest BCUT2D eigenvalue weighted by atomic mass is 9.86. The van der Waals surface area contributed by atoms with Crippen molar-refractivity contribution in [1.29, 1.82) is 0 Å². The third-order valence-electron chi connectivity index (χ3n) is 3.00. The van der Waals surface area contributed by atoms with Crippen molar-refractivity contribution < 1.29 is 14.7 Å². The van der Waals surface area contributed by atoms with Gasteiger partial charge in [0.1, 0.15) is 6.04 Å². The summed E-state index contributed by atoms with van der Waals surface area (Å²) < 4.78 is 0. The van der Waals surface area contributed by atoms with Gasteiger partial charge in [-0.25, -0.2) is 4.79 Å². The van der Waals surface area contributed by atoms with Gasteiger partial charge in [0.25, 0.3) is 0 Å². The van der Waals surface area contributed by atoms with E-state index in [0.29, 0.717) is 11.4 Å². The third kappa shape index (κ3) is 4.85. The van der Waals surface area contributed by atoms with Gasteiger partial charge in [-0.3, -0.25) is 4.79 Å². The minimum atomic E-state index is -1.02. The zero-order chi connectivity index (χ0) is 15.3. The molecule has 1 atom stereocenters. The first-order valence-electron chi connectivity index (χ1n) is 6.47. The molecule has 0 aliphatic heterocycles. The summed E-state index contributed by atoms with van der Waals surface area (Å²) in [5, 5.41) is 12.3. The normalized spacial score (nSPS) is 12.8. The van der Waals surface area contributed by atoms with Crippen molar-refractivity contribution in [2.45, 2.75) is 39.7 Å². The van der Waals surface area contributed by atoms with Gasteiger partial charge in [0.15, 0.2) is 0 Å². The number of halogens is 1. The summed E-state index contributed by atoms with van der Waals surface area (Å²) in [6, 6.07) is 6.40. The summed E-state index contributed by atoms with van der Waals surface area (Å²) in [6.07, 6.45) is 0.700. The van der Waals surface area contributed by atoms with Crippen molar-refractivity contribution in [3.63, 3.8) is 0 Å². The SMILES string of the molecule is CC(C)(C)[C@H](NC(=O)CCc1ccccc1Cl)C(=O)O. The van der Waals surface area contributed by atoms with E-state index in [9.17, 15) is 9.59 Å². The molecule has 0 aliphatic carbocycles. The topological polar surface area (TPSA) is 66.4 Å². The highest BCUT2D eigenvalue weighted by molar-refractivity contribution is 6.31. The number of aliphatic carboxylic acids is 1. The number of carbonyl (C=O) groups is 2. The highest BCUT2D eigenvalue weighted by Gasteiger charge is 2.32. The second-order valence-corrected chi connectivity index (χ2v) is 6.20. The molecule has 0 radical (unpaired) electrons. The molecule has 20 heavy (non-hydrogen) atoms. The molecule has 0 saturated heterocycles. The van der Waals surface area contributed by atoms with E-state index in [-0.39, 0.29) is 12.3 Å². The quantitative estimate of drug-likeness (QED) is 0.878. The summed E-state index contributed by atoms with van der Waals surface area (Å²) in [4.78, 5) is 23.0. The molecule has 5 heteroatoms. The minimum absolute atomic E-state index is 0.212. The molecule has 0 unspecified atom stereocenters. The van der Waals surface area contributed by atoms with Crippen LogP contribution in [0.5, 0.6) is 0 Å². The van der Waals surface area contributed by atoms with Gasteiger partial charge in [-0.15, -0.1) is 0 Å². The van der Waals surface area contributed by atoms with Crippen LogP contribution >= 0.6 is 11.6 Å². The zero-order valence-electron chi connectivity index (χ0n) is 11.9. The van der Waals surface area contributed by atoms with Crippen LogP contribution in [0, 0.1) is 5.41 Å². The van der Waals surface area contributed by atoms with Gasteiger partial charge in [0, 0.05) is 11.4 Å². The fourth-order valence-corrected chi connectivity index (χ4v) is 2.06. The number of aryl methyl sites for hydroxylation is 1. The van der Waals surface area contributed by atoms with E-state index in [1.807, 2.05) is 18.2 Å². The highest BCUT2D eigenvalue weighted by atomic mass is 35.5. The number of nitrogens with one attached hydrogen (secondary N) is 1. The Balaban J connectivity index is 2.60. The zero-order valence-corrected chi connectivity index (χ0v) is 12.7. The first-order chi connectivity index (χ1) is 9.21. The van der Waals surface area contributed by atoms with Crippen LogP contribution in [0.2, 0.25) is 5.02 Å². The number of carbonyl (C=O) groups excluding carboxylic acids is 1. The number of hydrogen-bond acceptors (Lipinski definition) is 2. The molecule has 110 valence electrons. The molecule has 4 nitrogen and oxygen atoms in total. The van der Waals surface area contributed by atoms with Gasteiger partial charge >= 0.3 is 5.97 Å². The molecule has 1 aromatic carbocycles. The Labute approximate surface area is 124 Å². The maximum Gasteiger partial charge on any atom is 0.326 e. The van der Waals surface area contributed by atoms with E-state index in [4.69, 9.17) is 16.7 Å². The van der Waals surface area contributed by atoms with E-state index in [2.05, 4.69) is 5.32 Å². The maximum atomic E-state index is 11.9. The second-order valence-electron chi connectivity index (χ2n) is 5.80. The van der Waals surface area contributed by atoms with Gasteiger partial charge in [-0.1, -0.05) is 50.6 Å². The Morgan fingerprint density at radius 3 is 2.40 bits per heavy atom. The molecule has 0 saturated carbocycles. The van der Waals surface area contributed by atoms with Crippen LogP contribution in [0.4, 0.5) is 0 Å². The van der Waals surface area contributed by atoms with E-state index in [0.717, 1.165) is 5.56 Å². The van der Waals surface area contributed by atoms with Crippen LogP contribution in [-0.4, -0.2) is 23.0 Å². The summed E-state index contributed by atoms with van der Waals surface area (Å²) >= 11 is 6.01. The molecule has 1 amide bonds. The predicted octanol–water partition coefficient (Wildman–Crippen LogP) is 2.89. The van der Waals surface area contributed by atoms with Gasteiger partial charge < -0.3 is 10.4 Å². The summed E-state index contributed by atoms with van der Waals surface area (Å²) in [5.74, 6) is -1.31. The average Bonchev–Trinajstić information content (AvgIpc) is 2.33. The third-order valence-corrected chi connectivity index (χ3v) is 3.37. The van der Waals surface area contributed by atoms with Crippen LogP contribution < -0.4 is 5.32 Å². The van der Waals surface area contributed by atoms with Gasteiger partial charge in [-0.05, 0) is 23.5 Å². The van der Waals surface area contributed by atoms with Crippen molar-refractivity contribution in [2.75, 3.05) is 0 Å². The lowest BCUT2D eigenvalue weighted by Crippen LogP contribution is -2.49. The molecule has 0 bridgehead atoms. The monoisotopic (exact) mass is 297 g/mol. The first kappa shape index (κ1) is 16.5. The number of rotatable bonds is 5. The lowest BCUT2D eigenvalue weighted by Gasteiger charge is -2.27. The van der Waals surface area contributed by atoms with E-state index in [1.165, 1.54) is 0 Å². The Morgan fingerprint density at radius 1 is 1.30 bits per heavy atom. The number of hydrogen-bond donors (Lipinski definition) is 2. The van der Waals surface area contributed by atoms with Crippen molar-refractivity contribution >= 4 is 23.5 Å². The van der Waals surface area contributed by atoms with Crippen LogP contribution in [0.1, 0.15) is 32.8 Å². The Bertz CT molecular complexity index is 494. The fraction of sp³-hybridized carbons (Fsp3) is 0.467. The van der Waals surface area contributed by atoms with Crippen molar-refractivity contribution in [3.8, 4) is 0 Å². The molecule has 0 aromatic heterocycles. The Kier molecular flexibility index (Phi) is 5.57. The largest absolute Gasteiger partial charge is 0.480 e. The van der Waals surface area contributed by atoms with Crippen LogP contribution in [0.25, 0.3) is 0 Å². The van der Waals surface area contributed by atoms with Crippen LogP contribution in [-0.2, 0) is 16.0 Å².